The molecule has 0 spiro atoms. The van der Waals surface area contributed by atoms with Crippen LogP contribution in [0.4, 0.5) is 8.78 Å². The molecule has 168 valence electrons. The third kappa shape index (κ3) is 4.42. The van der Waals surface area contributed by atoms with Gasteiger partial charge in [0.25, 0.3) is 5.91 Å². The Morgan fingerprint density at radius 2 is 1.91 bits per heavy atom. The predicted molar refractivity (Wildman–Crippen MR) is 115 cm³/mol. The summed E-state index contributed by atoms with van der Waals surface area (Å²) < 4.78 is 36.3. The van der Waals surface area contributed by atoms with Gasteiger partial charge in [0.15, 0.2) is 0 Å². The molecule has 0 saturated carbocycles. The molecule has 1 aliphatic heterocycles. The van der Waals surface area contributed by atoms with Crippen LogP contribution in [-0.2, 0) is 19.1 Å². The molecular weight excluding hydrogens is 442 g/mol. The van der Waals surface area contributed by atoms with E-state index >= 15 is 0 Å². The number of carbonyl (C=O) groups is 3. The van der Waals surface area contributed by atoms with E-state index in [9.17, 15) is 23.2 Å². The summed E-state index contributed by atoms with van der Waals surface area (Å²) in [6.07, 6.45) is -1.09. The maximum absolute atomic E-state index is 12.6. The molecular formula is C22H20F2N2O5S. The van der Waals surface area contributed by atoms with Gasteiger partial charge in [-0.1, -0.05) is 24.3 Å². The van der Waals surface area contributed by atoms with Crippen molar-refractivity contribution in [1.29, 1.82) is 0 Å². The zero-order valence-electron chi connectivity index (χ0n) is 17.0. The van der Waals surface area contributed by atoms with Crippen molar-refractivity contribution in [2.24, 2.45) is 0 Å². The summed E-state index contributed by atoms with van der Waals surface area (Å²) in [5.41, 5.74) is 0.390. The maximum atomic E-state index is 12.6. The molecule has 1 aromatic heterocycles. The van der Waals surface area contributed by atoms with E-state index in [-0.39, 0.29) is 13.0 Å². The number of likely N-dealkylation sites (tertiary alicyclic amines) is 1. The van der Waals surface area contributed by atoms with Gasteiger partial charge in [0, 0.05) is 38.7 Å². The largest absolute Gasteiger partial charge is 0.467 e. The molecule has 0 bridgehead atoms. The lowest BCUT2D eigenvalue weighted by atomic mass is 10.1. The first-order chi connectivity index (χ1) is 15.4. The van der Waals surface area contributed by atoms with Crippen LogP contribution < -0.4 is 5.32 Å². The number of methoxy groups -OCH3 is 1. The summed E-state index contributed by atoms with van der Waals surface area (Å²) in [6, 6.07) is 12.2. The number of hydrogen-bond donors (Lipinski definition) is 1. The highest BCUT2D eigenvalue weighted by atomic mass is 32.1. The summed E-state index contributed by atoms with van der Waals surface area (Å²) in [7, 11) is 1.15. The number of alkyl halides is 2. The van der Waals surface area contributed by atoms with Crippen LogP contribution in [0.1, 0.15) is 16.8 Å². The number of hydrogen-bond acceptors (Lipinski definition) is 6. The van der Waals surface area contributed by atoms with Gasteiger partial charge < -0.3 is 19.7 Å². The van der Waals surface area contributed by atoms with Crippen molar-refractivity contribution < 1.29 is 32.6 Å². The average Bonchev–Trinajstić information content (AvgIpc) is 3.37. The molecule has 0 aliphatic carbocycles. The predicted octanol–water partition coefficient (Wildman–Crippen LogP) is 3.17. The van der Waals surface area contributed by atoms with Gasteiger partial charge in [0.1, 0.15) is 6.04 Å². The molecule has 2 aromatic carbocycles. The topological polar surface area (TPSA) is 84.9 Å². The van der Waals surface area contributed by atoms with E-state index in [2.05, 4.69) is 14.8 Å². The summed E-state index contributed by atoms with van der Waals surface area (Å²) in [5.74, 6) is -1.76. The highest BCUT2D eigenvalue weighted by molar-refractivity contribution is 7.25. The quantitative estimate of drug-likeness (QED) is 0.569. The average molecular weight is 462 g/mol. The standard InChI is InChI=1S/C22H20F2N2O5S/c1-30-21(29)16-9-13(31-22(23)24)11-26(16)19(27)10-25-20(28)12-6-7-15-14-4-2-3-5-17(14)32-18(15)8-12/h2-8,13,16,22H,9-11H2,1H3,(H,25,28)/t13-,16?/m1/s1. The van der Waals surface area contributed by atoms with E-state index < -0.39 is 43.1 Å². The first kappa shape index (κ1) is 22.1. The molecule has 2 atom stereocenters. The fraction of sp³-hybridized carbons (Fsp3) is 0.318. The number of amides is 2. The van der Waals surface area contributed by atoms with E-state index in [1.54, 1.807) is 23.5 Å². The van der Waals surface area contributed by atoms with Crippen LogP contribution in [0.15, 0.2) is 42.5 Å². The zero-order chi connectivity index (χ0) is 22.8. The van der Waals surface area contributed by atoms with Gasteiger partial charge in [-0.15, -0.1) is 11.3 Å². The number of ether oxygens (including phenoxy) is 2. The second-order valence-electron chi connectivity index (χ2n) is 7.33. The number of nitrogens with one attached hydrogen (secondary N) is 1. The van der Waals surface area contributed by atoms with Gasteiger partial charge in [-0.2, -0.15) is 8.78 Å². The number of carbonyl (C=O) groups excluding carboxylic acids is 3. The molecule has 10 heteroatoms. The number of fused-ring (bicyclic) bond motifs is 3. The molecule has 1 saturated heterocycles. The van der Waals surface area contributed by atoms with Gasteiger partial charge >= 0.3 is 12.6 Å². The Kier molecular flexibility index (Phi) is 6.33. The first-order valence-electron chi connectivity index (χ1n) is 9.87. The van der Waals surface area contributed by atoms with Gasteiger partial charge in [-0.25, -0.2) is 4.79 Å². The molecule has 0 radical (unpaired) electrons. The van der Waals surface area contributed by atoms with Crippen molar-refractivity contribution in [3.05, 3.63) is 48.0 Å². The van der Waals surface area contributed by atoms with Crippen LogP contribution in [0, 0.1) is 0 Å². The lowest BCUT2D eigenvalue weighted by Gasteiger charge is -2.22. The Balaban J connectivity index is 1.44. The van der Waals surface area contributed by atoms with E-state index in [0.29, 0.717) is 5.56 Å². The molecule has 7 nitrogen and oxygen atoms in total. The Labute approximate surface area is 185 Å². The first-order valence-corrected chi connectivity index (χ1v) is 10.7. The number of halogens is 2. The third-order valence-corrected chi connectivity index (χ3v) is 6.53. The van der Waals surface area contributed by atoms with Gasteiger partial charge in [0.2, 0.25) is 5.91 Å². The van der Waals surface area contributed by atoms with Crippen LogP contribution >= 0.6 is 11.3 Å². The minimum absolute atomic E-state index is 0.0979. The second kappa shape index (κ2) is 9.17. The SMILES string of the molecule is COC(=O)C1C[C@@H](OC(F)F)CN1C(=O)CNC(=O)c1ccc2c(c1)sc1ccccc12. The zero-order valence-corrected chi connectivity index (χ0v) is 17.9. The number of nitrogens with zero attached hydrogens (tertiary/aromatic N) is 1. The number of thiophene rings is 1. The lowest BCUT2D eigenvalue weighted by Crippen LogP contribution is -2.46. The second-order valence-corrected chi connectivity index (χ2v) is 8.42. The van der Waals surface area contributed by atoms with Crippen molar-refractivity contribution in [1.82, 2.24) is 10.2 Å². The number of esters is 1. The molecule has 3 aromatic rings. The highest BCUT2D eigenvalue weighted by Gasteiger charge is 2.41. The normalized spacial score (nSPS) is 18.4. The molecule has 2 heterocycles. The third-order valence-electron chi connectivity index (χ3n) is 5.39. The monoisotopic (exact) mass is 462 g/mol. The van der Waals surface area contributed by atoms with E-state index in [4.69, 9.17) is 0 Å². The smallest absolute Gasteiger partial charge is 0.345 e. The summed E-state index contributed by atoms with van der Waals surface area (Å²) in [4.78, 5) is 38.3. The van der Waals surface area contributed by atoms with Crippen LogP contribution in [-0.4, -0.2) is 61.6 Å². The molecule has 32 heavy (non-hydrogen) atoms. The van der Waals surface area contributed by atoms with Crippen molar-refractivity contribution in [2.75, 3.05) is 20.2 Å². The Morgan fingerprint density at radius 1 is 1.16 bits per heavy atom. The van der Waals surface area contributed by atoms with Crippen LogP contribution in [0.25, 0.3) is 20.2 Å². The van der Waals surface area contributed by atoms with Crippen molar-refractivity contribution in [3.8, 4) is 0 Å². The van der Waals surface area contributed by atoms with E-state index in [0.717, 1.165) is 32.2 Å². The molecule has 1 fully saturated rings. The molecule has 1 N–H and O–H groups in total. The van der Waals surface area contributed by atoms with Crippen molar-refractivity contribution in [2.45, 2.75) is 25.2 Å². The van der Waals surface area contributed by atoms with E-state index in [1.165, 1.54) is 0 Å². The van der Waals surface area contributed by atoms with Gasteiger partial charge in [0.05, 0.1) is 19.8 Å². The molecule has 1 aliphatic rings. The number of rotatable bonds is 6. The minimum Gasteiger partial charge on any atom is -0.467 e. The maximum Gasteiger partial charge on any atom is 0.345 e. The van der Waals surface area contributed by atoms with Crippen molar-refractivity contribution in [3.63, 3.8) is 0 Å². The molecule has 1 unspecified atom stereocenters. The molecule has 4 rings (SSSR count). The summed E-state index contributed by atoms with van der Waals surface area (Å²) >= 11 is 1.57. The highest BCUT2D eigenvalue weighted by Crippen LogP contribution is 2.34. The number of benzene rings is 2. The summed E-state index contributed by atoms with van der Waals surface area (Å²) in [5, 5.41) is 4.69. The lowest BCUT2D eigenvalue weighted by molar-refractivity contribution is -0.160. The Morgan fingerprint density at radius 3 is 2.66 bits per heavy atom. The Bertz CT molecular complexity index is 1180. The fourth-order valence-corrected chi connectivity index (χ4v) is 5.05. The Hall–Kier alpha value is -3.11. The van der Waals surface area contributed by atoms with Crippen LogP contribution in [0.2, 0.25) is 0 Å². The fourth-order valence-electron chi connectivity index (χ4n) is 3.90. The molecule has 2 amide bonds. The van der Waals surface area contributed by atoms with Crippen LogP contribution in [0.3, 0.4) is 0 Å². The van der Waals surface area contributed by atoms with E-state index in [1.807, 2.05) is 30.3 Å². The van der Waals surface area contributed by atoms with Gasteiger partial charge in [-0.05, 0) is 18.2 Å². The van der Waals surface area contributed by atoms with Crippen molar-refractivity contribution >= 4 is 49.3 Å². The summed E-state index contributed by atoms with van der Waals surface area (Å²) in [6.45, 7) is -3.60. The van der Waals surface area contributed by atoms with Crippen LogP contribution in [0.5, 0.6) is 0 Å². The van der Waals surface area contributed by atoms with Gasteiger partial charge in [-0.3, -0.25) is 9.59 Å². The minimum atomic E-state index is -3.02.